The molecule has 8 heteroatoms. The lowest BCUT2D eigenvalue weighted by atomic mass is 10.1. The van der Waals surface area contributed by atoms with E-state index in [4.69, 9.17) is 14.6 Å². The average Bonchev–Trinajstić information content (AvgIpc) is 2.75. The van der Waals surface area contributed by atoms with E-state index in [2.05, 4.69) is 5.32 Å². The number of methoxy groups -OCH3 is 1. The van der Waals surface area contributed by atoms with Crippen LogP contribution in [0.25, 0.3) is 6.08 Å². The summed E-state index contributed by atoms with van der Waals surface area (Å²) in [7, 11) is 1.44. The first-order chi connectivity index (χ1) is 9.99. The maximum absolute atomic E-state index is 11.5. The molecular weight excluding hydrogens is 298 g/mol. The summed E-state index contributed by atoms with van der Waals surface area (Å²) in [4.78, 5) is 33.3. The number of nitrogens with one attached hydrogen (secondary N) is 1. The Balaban J connectivity index is 2.24. The Hall–Kier alpha value is -2.48. The lowest BCUT2D eigenvalue weighted by Crippen LogP contribution is -2.17. The topological polar surface area (TPSA) is 102 Å². The van der Waals surface area contributed by atoms with Crippen LogP contribution in [0, 0.1) is 0 Å². The number of rotatable bonds is 5. The minimum Gasteiger partial charge on any atom is -0.496 e. The summed E-state index contributed by atoms with van der Waals surface area (Å²) in [6, 6.07) is 4.67. The van der Waals surface area contributed by atoms with Crippen molar-refractivity contribution in [3.63, 3.8) is 0 Å². The fourth-order valence-electron chi connectivity index (χ4n) is 1.61. The van der Waals surface area contributed by atoms with Crippen LogP contribution in [0.15, 0.2) is 23.1 Å². The Morgan fingerprint density at radius 2 is 2.19 bits per heavy atom. The predicted octanol–water partition coefficient (Wildman–Crippen LogP) is 1.48. The van der Waals surface area contributed by atoms with Gasteiger partial charge in [0.15, 0.2) is 6.61 Å². The minimum absolute atomic E-state index is 0.262. The third kappa shape index (κ3) is 3.76. The smallest absolute Gasteiger partial charge is 0.341 e. The molecule has 1 aliphatic rings. The zero-order valence-corrected chi connectivity index (χ0v) is 11.7. The molecule has 1 aliphatic heterocycles. The van der Waals surface area contributed by atoms with Crippen molar-refractivity contribution >= 4 is 35.0 Å². The molecule has 2 rings (SSSR count). The Morgan fingerprint density at radius 1 is 1.43 bits per heavy atom. The third-order valence-electron chi connectivity index (χ3n) is 2.50. The molecule has 7 nitrogen and oxygen atoms in total. The van der Waals surface area contributed by atoms with Crippen molar-refractivity contribution in [3.8, 4) is 11.5 Å². The van der Waals surface area contributed by atoms with Crippen molar-refractivity contribution in [2.24, 2.45) is 0 Å². The van der Waals surface area contributed by atoms with Crippen LogP contribution in [-0.4, -0.2) is 35.9 Å². The van der Waals surface area contributed by atoms with Gasteiger partial charge in [0.05, 0.1) is 12.0 Å². The van der Waals surface area contributed by atoms with E-state index < -0.39 is 23.7 Å². The molecule has 0 aliphatic carbocycles. The molecule has 0 atom stereocenters. The highest BCUT2D eigenvalue weighted by Crippen LogP contribution is 2.31. The molecule has 1 saturated heterocycles. The van der Waals surface area contributed by atoms with E-state index in [1.54, 1.807) is 12.1 Å². The van der Waals surface area contributed by atoms with Gasteiger partial charge >= 0.3 is 5.97 Å². The Morgan fingerprint density at radius 3 is 2.76 bits per heavy atom. The molecule has 0 unspecified atom stereocenters. The summed E-state index contributed by atoms with van der Waals surface area (Å²) >= 11 is 0.803. The van der Waals surface area contributed by atoms with Gasteiger partial charge in [-0.2, -0.15) is 0 Å². The largest absolute Gasteiger partial charge is 0.496 e. The van der Waals surface area contributed by atoms with Gasteiger partial charge in [-0.15, -0.1) is 0 Å². The van der Waals surface area contributed by atoms with Gasteiger partial charge in [-0.1, -0.05) is 0 Å². The van der Waals surface area contributed by atoms with E-state index >= 15 is 0 Å². The number of carboxylic acid groups (broad SMARTS) is 1. The number of carboxylic acids is 1. The summed E-state index contributed by atoms with van der Waals surface area (Å²) in [5, 5.41) is 10.3. The molecule has 0 bridgehead atoms. The number of carbonyl (C=O) groups excluding carboxylic acids is 2. The number of amides is 2. The molecule has 0 aromatic heterocycles. The van der Waals surface area contributed by atoms with Gasteiger partial charge in [0, 0.05) is 11.6 Å². The second-order valence-electron chi connectivity index (χ2n) is 3.94. The number of hydrogen-bond acceptors (Lipinski definition) is 6. The van der Waals surface area contributed by atoms with Crippen molar-refractivity contribution in [2.75, 3.05) is 13.7 Å². The number of ether oxygens (including phenoxy) is 2. The van der Waals surface area contributed by atoms with Crippen molar-refractivity contribution in [2.45, 2.75) is 0 Å². The normalized spacial score (nSPS) is 16.0. The van der Waals surface area contributed by atoms with E-state index in [-0.39, 0.29) is 4.91 Å². The maximum atomic E-state index is 11.5. The van der Waals surface area contributed by atoms with Gasteiger partial charge in [-0.25, -0.2) is 4.79 Å². The molecule has 0 radical (unpaired) electrons. The molecule has 1 aromatic rings. The summed E-state index contributed by atoms with van der Waals surface area (Å²) < 4.78 is 10.2. The molecular formula is C13H11NO6S. The summed E-state index contributed by atoms with van der Waals surface area (Å²) in [6.45, 7) is -0.462. The molecule has 2 amide bonds. The molecule has 2 N–H and O–H groups in total. The van der Waals surface area contributed by atoms with Crippen LogP contribution in [0.3, 0.4) is 0 Å². The zero-order valence-electron chi connectivity index (χ0n) is 10.9. The van der Waals surface area contributed by atoms with Crippen LogP contribution in [0.4, 0.5) is 4.79 Å². The SMILES string of the molecule is COc1cc(OCC(=O)O)ccc1C=C1SC(=O)NC1=O. The van der Waals surface area contributed by atoms with E-state index in [0.717, 1.165) is 11.8 Å². The standard InChI is InChI=1S/C13H11NO6S/c1-19-9-5-8(20-6-11(15)16)3-2-7(9)4-10-12(17)14-13(18)21-10/h2-5H,6H2,1H3,(H,15,16)(H,14,17,18). The summed E-state index contributed by atoms with van der Waals surface area (Å²) in [5.74, 6) is -0.815. The van der Waals surface area contributed by atoms with Gasteiger partial charge in [-0.3, -0.25) is 14.9 Å². The van der Waals surface area contributed by atoms with Crippen LogP contribution in [0.1, 0.15) is 5.56 Å². The highest BCUT2D eigenvalue weighted by molar-refractivity contribution is 8.18. The van der Waals surface area contributed by atoms with Gasteiger partial charge in [0.25, 0.3) is 11.1 Å². The van der Waals surface area contributed by atoms with E-state index in [0.29, 0.717) is 17.1 Å². The Kier molecular flexibility index (Phi) is 4.49. The molecule has 1 fully saturated rings. The quantitative estimate of drug-likeness (QED) is 0.794. The lowest BCUT2D eigenvalue weighted by Gasteiger charge is -2.09. The van der Waals surface area contributed by atoms with Crippen molar-refractivity contribution in [1.29, 1.82) is 0 Å². The number of thioether (sulfide) groups is 1. The Bertz CT molecular complexity index is 640. The van der Waals surface area contributed by atoms with E-state index in [1.165, 1.54) is 19.3 Å². The van der Waals surface area contributed by atoms with Crippen LogP contribution >= 0.6 is 11.8 Å². The fraction of sp³-hybridized carbons (Fsp3) is 0.154. The number of carbonyl (C=O) groups is 3. The molecule has 110 valence electrons. The van der Waals surface area contributed by atoms with Crippen LogP contribution in [-0.2, 0) is 9.59 Å². The second kappa shape index (κ2) is 6.31. The van der Waals surface area contributed by atoms with Gasteiger partial charge in [0.2, 0.25) is 0 Å². The Labute approximate surface area is 123 Å². The molecule has 1 heterocycles. The second-order valence-corrected chi connectivity index (χ2v) is 4.95. The van der Waals surface area contributed by atoms with E-state index in [9.17, 15) is 14.4 Å². The predicted molar refractivity (Wildman–Crippen MR) is 75.2 cm³/mol. The number of aliphatic carboxylic acids is 1. The molecule has 1 aromatic carbocycles. The number of benzene rings is 1. The van der Waals surface area contributed by atoms with Gasteiger partial charge < -0.3 is 14.6 Å². The van der Waals surface area contributed by atoms with Crippen LogP contribution < -0.4 is 14.8 Å². The zero-order chi connectivity index (χ0) is 15.4. The van der Waals surface area contributed by atoms with Gasteiger partial charge in [-0.05, 0) is 30.0 Å². The fourth-order valence-corrected chi connectivity index (χ4v) is 2.28. The molecule has 21 heavy (non-hydrogen) atoms. The monoisotopic (exact) mass is 309 g/mol. The highest BCUT2D eigenvalue weighted by atomic mass is 32.2. The first-order valence-corrected chi connectivity index (χ1v) is 6.58. The van der Waals surface area contributed by atoms with E-state index in [1.807, 2.05) is 0 Å². The first-order valence-electron chi connectivity index (χ1n) is 5.77. The van der Waals surface area contributed by atoms with Gasteiger partial charge in [0.1, 0.15) is 11.5 Å². The summed E-state index contributed by atoms with van der Waals surface area (Å²) in [6.07, 6.45) is 1.52. The molecule has 0 saturated carbocycles. The molecule has 0 spiro atoms. The van der Waals surface area contributed by atoms with Crippen LogP contribution in [0.5, 0.6) is 11.5 Å². The number of hydrogen-bond donors (Lipinski definition) is 2. The average molecular weight is 309 g/mol. The minimum atomic E-state index is -1.09. The lowest BCUT2D eigenvalue weighted by molar-refractivity contribution is -0.139. The highest BCUT2D eigenvalue weighted by Gasteiger charge is 2.25. The summed E-state index contributed by atoms with van der Waals surface area (Å²) in [5.41, 5.74) is 0.576. The van der Waals surface area contributed by atoms with Crippen molar-refractivity contribution < 1.29 is 29.0 Å². The first kappa shape index (κ1) is 14.9. The van der Waals surface area contributed by atoms with Crippen molar-refractivity contribution in [1.82, 2.24) is 5.32 Å². The third-order valence-corrected chi connectivity index (χ3v) is 3.31. The van der Waals surface area contributed by atoms with Crippen molar-refractivity contribution in [3.05, 3.63) is 28.7 Å². The number of imide groups is 1. The maximum Gasteiger partial charge on any atom is 0.341 e. The van der Waals surface area contributed by atoms with Crippen LogP contribution in [0.2, 0.25) is 0 Å².